The Hall–Kier alpha value is -1.75. The van der Waals surface area contributed by atoms with Crippen molar-refractivity contribution >= 4 is 29.1 Å². The molecule has 1 aliphatic rings. The van der Waals surface area contributed by atoms with Crippen LogP contribution in [0.5, 0.6) is 0 Å². The van der Waals surface area contributed by atoms with E-state index in [1.807, 2.05) is 6.92 Å². The van der Waals surface area contributed by atoms with Gasteiger partial charge in [0.1, 0.15) is 0 Å². The Balaban J connectivity index is 2.00. The number of benzene rings is 1. The lowest BCUT2D eigenvalue weighted by Crippen LogP contribution is -2.38. The summed E-state index contributed by atoms with van der Waals surface area (Å²) in [5.74, 6) is -0.148. The Labute approximate surface area is 123 Å². The summed E-state index contributed by atoms with van der Waals surface area (Å²) in [5.41, 5.74) is 1.27. The molecule has 108 valence electrons. The van der Waals surface area contributed by atoms with Crippen LogP contribution in [-0.2, 0) is 4.79 Å². The van der Waals surface area contributed by atoms with E-state index in [2.05, 4.69) is 16.0 Å². The highest BCUT2D eigenvalue weighted by Gasteiger charge is 2.21. The van der Waals surface area contributed by atoms with Gasteiger partial charge in [-0.3, -0.25) is 9.59 Å². The van der Waals surface area contributed by atoms with Gasteiger partial charge in [0.2, 0.25) is 5.91 Å². The van der Waals surface area contributed by atoms with Gasteiger partial charge in [-0.15, -0.1) is 0 Å². The molecule has 0 radical (unpaired) electrons. The molecule has 1 aliphatic heterocycles. The SMILES string of the molecule is CCNc1ccc(Cl)cc1C(=O)NCC1CCC(=O)N1. The average molecular weight is 296 g/mol. The maximum Gasteiger partial charge on any atom is 0.253 e. The molecule has 0 bridgehead atoms. The van der Waals surface area contributed by atoms with Gasteiger partial charge in [-0.25, -0.2) is 0 Å². The van der Waals surface area contributed by atoms with Crippen molar-refractivity contribution in [3.8, 4) is 0 Å². The molecule has 5 nitrogen and oxygen atoms in total. The van der Waals surface area contributed by atoms with Gasteiger partial charge < -0.3 is 16.0 Å². The molecule has 0 spiro atoms. The highest BCUT2D eigenvalue weighted by molar-refractivity contribution is 6.31. The Morgan fingerprint density at radius 3 is 2.95 bits per heavy atom. The number of carbonyl (C=O) groups is 2. The van der Waals surface area contributed by atoms with Crippen molar-refractivity contribution in [3.63, 3.8) is 0 Å². The molecule has 1 unspecified atom stereocenters. The summed E-state index contributed by atoms with van der Waals surface area (Å²) < 4.78 is 0. The molecule has 0 aromatic heterocycles. The molecule has 1 fully saturated rings. The molecule has 2 rings (SSSR count). The summed E-state index contributed by atoms with van der Waals surface area (Å²) in [5, 5.41) is 9.30. The van der Waals surface area contributed by atoms with Crippen molar-refractivity contribution in [2.45, 2.75) is 25.8 Å². The second-order valence-electron chi connectivity index (χ2n) is 4.73. The standard InChI is InChI=1S/C14H18ClN3O2/c1-2-16-12-5-3-9(15)7-11(12)14(20)17-8-10-4-6-13(19)18-10/h3,5,7,10,16H,2,4,6,8H2,1H3,(H,17,20)(H,18,19). The zero-order valence-corrected chi connectivity index (χ0v) is 12.1. The van der Waals surface area contributed by atoms with Crippen LogP contribution in [-0.4, -0.2) is 30.9 Å². The lowest BCUT2D eigenvalue weighted by Gasteiger charge is -2.14. The number of halogens is 1. The van der Waals surface area contributed by atoms with Crippen molar-refractivity contribution in [3.05, 3.63) is 28.8 Å². The van der Waals surface area contributed by atoms with Crippen molar-refractivity contribution < 1.29 is 9.59 Å². The van der Waals surface area contributed by atoms with Crippen LogP contribution in [0.4, 0.5) is 5.69 Å². The predicted octanol–water partition coefficient (Wildman–Crippen LogP) is 1.78. The Morgan fingerprint density at radius 1 is 1.50 bits per heavy atom. The van der Waals surface area contributed by atoms with Gasteiger partial charge in [0.15, 0.2) is 0 Å². The number of nitrogens with one attached hydrogen (secondary N) is 3. The van der Waals surface area contributed by atoms with E-state index in [4.69, 9.17) is 11.6 Å². The van der Waals surface area contributed by atoms with E-state index in [1.165, 1.54) is 0 Å². The van der Waals surface area contributed by atoms with E-state index in [0.717, 1.165) is 18.7 Å². The van der Waals surface area contributed by atoms with Gasteiger partial charge in [0.25, 0.3) is 5.91 Å². The van der Waals surface area contributed by atoms with E-state index in [1.54, 1.807) is 18.2 Å². The van der Waals surface area contributed by atoms with E-state index in [-0.39, 0.29) is 17.9 Å². The van der Waals surface area contributed by atoms with E-state index in [0.29, 0.717) is 23.6 Å². The zero-order valence-electron chi connectivity index (χ0n) is 11.3. The number of hydrogen-bond donors (Lipinski definition) is 3. The summed E-state index contributed by atoms with van der Waals surface area (Å²) in [6.07, 6.45) is 1.29. The third-order valence-corrected chi connectivity index (χ3v) is 3.42. The van der Waals surface area contributed by atoms with Crippen molar-refractivity contribution in [1.82, 2.24) is 10.6 Å². The number of amides is 2. The van der Waals surface area contributed by atoms with Gasteiger partial charge in [0.05, 0.1) is 5.56 Å². The topological polar surface area (TPSA) is 70.2 Å². The maximum atomic E-state index is 12.2. The molecular weight excluding hydrogens is 278 g/mol. The monoisotopic (exact) mass is 295 g/mol. The van der Waals surface area contributed by atoms with Crippen molar-refractivity contribution in [1.29, 1.82) is 0 Å². The second kappa shape index (κ2) is 6.61. The highest BCUT2D eigenvalue weighted by atomic mass is 35.5. The van der Waals surface area contributed by atoms with Gasteiger partial charge in [-0.05, 0) is 31.5 Å². The van der Waals surface area contributed by atoms with Crippen LogP contribution in [0.25, 0.3) is 0 Å². The molecule has 6 heteroatoms. The van der Waals surface area contributed by atoms with Gasteiger partial charge >= 0.3 is 0 Å². The highest BCUT2D eigenvalue weighted by Crippen LogP contribution is 2.20. The van der Waals surface area contributed by atoms with Crippen LogP contribution in [0.3, 0.4) is 0 Å². The van der Waals surface area contributed by atoms with Gasteiger partial charge in [-0.1, -0.05) is 11.6 Å². The molecule has 0 aliphatic carbocycles. The van der Waals surface area contributed by atoms with E-state index < -0.39 is 0 Å². The number of anilines is 1. The molecule has 3 N–H and O–H groups in total. The van der Waals surface area contributed by atoms with Crippen LogP contribution in [0.2, 0.25) is 5.02 Å². The first-order valence-corrected chi connectivity index (χ1v) is 7.09. The molecule has 1 atom stereocenters. The van der Waals surface area contributed by atoms with Crippen molar-refractivity contribution in [2.24, 2.45) is 0 Å². The van der Waals surface area contributed by atoms with Crippen LogP contribution in [0.15, 0.2) is 18.2 Å². The third-order valence-electron chi connectivity index (χ3n) is 3.19. The average Bonchev–Trinajstić information content (AvgIpc) is 2.84. The molecular formula is C14H18ClN3O2. The molecule has 0 saturated carbocycles. The quantitative estimate of drug-likeness (QED) is 0.775. The predicted molar refractivity (Wildman–Crippen MR) is 79.1 cm³/mol. The lowest BCUT2D eigenvalue weighted by molar-refractivity contribution is -0.119. The normalized spacial score (nSPS) is 17.7. The molecule has 1 heterocycles. The van der Waals surface area contributed by atoms with Crippen molar-refractivity contribution in [2.75, 3.05) is 18.4 Å². The maximum absolute atomic E-state index is 12.2. The third kappa shape index (κ3) is 3.63. The molecule has 1 saturated heterocycles. The fourth-order valence-corrected chi connectivity index (χ4v) is 2.36. The fraction of sp³-hybridized carbons (Fsp3) is 0.429. The number of rotatable bonds is 5. The number of hydrogen-bond acceptors (Lipinski definition) is 3. The molecule has 2 amide bonds. The van der Waals surface area contributed by atoms with Gasteiger partial charge in [0, 0.05) is 36.3 Å². The first kappa shape index (κ1) is 14.7. The number of carbonyl (C=O) groups excluding carboxylic acids is 2. The first-order valence-electron chi connectivity index (χ1n) is 6.71. The Morgan fingerprint density at radius 2 is 2.30 bits per heavy atom. The Bertz CT molecular complexity index is 519. The first-order chi connectivity index (χ1) is 9.60. The minimum absolute atomic E-state index is 0.0215. The van der Waals surface area contributed by atoms with Gasteiger partial charge in [-0.2, -0.15) is 0 Å². The summed E-state index contributed by atoms with van der Waals surface area (Å²) in [7, 11) is 0. The zero-order chi connectivity index (χ0) is 14.5. The van der Waals surface area contributed by atoms with E-state index >= 15 is 0 Å². The Kier molecular flexibility index (Phi) is 4.84. The molecule has 1 aromatic carbocycles. The van der Waals surface area contributed by atoms with E-state index in [9.17, 15) is 9.59 Å². The largest absolute Gasteiger partial charge is 0.385 e. The summed E-state index contributed by atoms with van der Waals surface area (Å²) in [6, 6.07) is 5.20. The molecule has 1 aromatic rings. The molecule has 20 heavy (non-hydrogen) atoms. The van der Waals surface area contributed by atoms with Crippen LogP contribution in [0, 0.1) is 0 Å². The minimum Gasteiger partial charge on any atom is -0.385 e. The summed E-state index contributed by atoms with van der Waals surface area (Å²) in [6.45, 7) is 3.12. The van der Waals surface area contributed by atoms with Crippen LogP contribution >= 0.6 is 11.6 Å². The summed E-state index contributed by atoms with van der Waals surface area (Å²) in [4.78, 5) is 23.3. The second-order valence-corrected chi connectivity index (χ2v) is 5.17. The van der Waals surface area contributed by atoms with Crippen LogP contribution in [0.1, 0.15) is 30.1 Å². The lowest BCUT2D eigenvalue weighted by atomic mass is 10.1. The minimum atomic E-state index is -0.190. The fourth-order valence-electron chi connectivity index (χ4n) is 2.19. The smallest absolute Gasteiger partial charge is 0.253 e. The summed E-state index contributed by atoms with van der Waals surface area (Å²) >= 11 is 5.94. The van der Waals surface area contributed by atoms with Crippen LogP contribution < -0.4 is 16.0 Å².